The van der Waals surface area contributed by atoms with E-state index in [0.29, 0.717) is 25.9 Å². The highest BCUT2D eigenvalue weighted by Gasteiger charge is 2.26. The Bertz CT molecular complexity index is 959. The summed E-state index contributed by atoms with van der Waals surface area (Å²) in [7, 11) is 0. The van der Waals surface area contributed by atoms with Gasteiger partial charge in [0.25, 0.3) is 0 Å². The lowest BCUT2D eigenvalue weighted by atomic mass is 9.97. The minimum Gasteiger partial charge on any atom is -0.481 e. The monoisotopic (exact) mass is 395 g/mol. The van der Waals surface area contributed by atoms with E-state index >= 15 is 0 Å². The maximum absolute atomic E-state index is 12.4. The van der Waals surface area contributed by atoms with Crippen molar-refractivity contribution in [2.24, 2.45) is 5.92 Å². The van der Waals surface area contributed by atoms with E-state index in [1.807, 2.05) is 42.5 Å². The minimum atomic E-state index is -0.774. The van der Waals surface area contributed by atoms with Crippen molar-refractivity contribution in [2.75, 3.05) is 18.4 Å². The van der Waals surface area contributed by atoms with Gasteiger partial charge in [-0.05, 0) is 42.7 Å². The van der Waals surface area contributed by atoms with Crippen LogP contribution in [0.4, 0.5) is 10.5 Å². The van der Waals surface area contributed by atoms with Crippen LogP contribution in [0.2, 0.25) is 0 Å². The largest absolute Gasteiger partial charge is 0.481 e. The molecule has 0 spiro atoms. The molecule has 0 atom stereocenters. The molecule has 1 fully saturated rings. The van der Waals surface area contributed by atoms with Crippen molar-refractivity contribution in [2.45, 2.75) is 19.3 Å². The molecule has 6 nitrogen and oxygen atoms in total. The quantitative estimate of drug-likeness (QED) is 0.693. The zero-order valence-corrected chi connectivity index (χ0v) is 16.1. The number of carboxylic acid groups (broad SMARTS) is 1. The predicted molar refractivity (Wildman–Crippen MR) is 110 cm³/mol. The minimum absolute atomic E-state index is 0.178. The number of carbonyl (C=O) groups is 2. The van der Waals surface area contributed by atoms with Crippen LogP contribution in [-0.4, -0.2) is 40.1 Å². The van der Waals surface area contributed by atoms with E-state index in [9.17, 15) is 9.59 Å². The Morgan fingerprint density at radius 1 is 1.11 bits per heavy atom. The van der Waals surface area contributed by atoms with Crippen LogP contribution in [0.15, 0.2) is 48.5 Å². The molecule has 1 aliphatic heterocycles. The van der Waals surface area contributed by atoms with E-state index in [1.54, 1.807) is 16.2 Å². The van der Waals surface area contributed by atoms with Gasteiger partial charge in [-0.2, -0.15) is 0 Å². The number of urea groups is 1. The van der Waals surface area contributed by atoms with Gasteiger partial charge in [-0.1, -0.05) is 24.3 Å². The third-order valence-electron chi connectivity index (χ3n) is 5.03. The van der Waals surface area contributed by atoms with Crippen molar-refractivity contribution in [1.29, 1.82) is 0 Å². The smallest absolute Gasteiger partial charge is 0.321 e. The number of hydrogen-bond donors (Lipinski definition) is 2. The normalized spacial score (nSPS) is 14.9. The summed E-state index contributed by atoms with van der Waals surface area (Å²) >= 11 is 1.70. The van der Waals surface area contributed by atoms with E-state index in [2.05, 4.69) is 16.4 Å². The van der Waals surface area contributed by atoms with Gasteiger partial charge in [0.15, 0.2) is 0 Å². The second kappa shape index (κ2) is 7.98. The molecular formula is C21H21N3O3S. The molecule has 144 valence electrons. The Hall–Kier alpha value is -2.93. The van der Waals surface area contributed by atoms with Crippen LogP contribution < -0.4 is 5.32 Å². The Morgan fingerprint density at radius 3 is 2.50 bits per heavy atom. The molecule has 2 aromatic carbocycles. The Labute approximate surface area is 166 Å². The molecule has 0 bridgehead atoms. The highest BCUT2D eigenvalue weighted by molar-refractivity contribution is 7.18. The van der Waals surface area contributed by atoms with Gasteiger partial charge in [-0.15, -0.1) is 11.3 Å². The summed E-state index contributed by atoms with van der Waals surface area (Å²) < 4.78 is 1.19. The highest BCUT2D eigenvalue weighted by atomic mass is 32.1. The molecule has 0 unspecified atom stereocenters. The molecule has 2 N–H and O–H groups in total. The maximum atomic E-state index is 12.4. The van der Waals surface area contributed by atoms with Crippen LogP contribution in [-0.2, 0) is 11.2 Å². The third-order valence-corrected chi connectivity index (χ3v) is 6.07. The number of nitrogens with zero attached hydrogens (tertiary/aromatic N) is 2. The van der Waals surface area contributed by atoms with E-state index < -0.39 is 5.97 Å². The number of carbonyl (C=O) groups excluding carboxylic acids is 1. The average molecular weight is 395 g/mol. The van der Waals surface area contributed by atoms with Crippen LogP contribution in [0.3, 0.4) is 0 Å². The van der Waals surface area contributed by atoms with Gasteiger partial charge >= 0.3 is 12.0 Å². The summed E-state index contributed by atoms with van der Waals surface area (Å²) in [5, 5.41) is 13.0. The second-order valence-corrected chi connectivity index (χ2v) is 8.09. The summed E-state index contributed by atoms with van der Waals surface area (Å²) in [5.41, 5.74) is 2.90. The number of hydrogen-bond acceptors (Lipinski definition) is 4. The van der Waals surface area contributed by atoms with Crippen molar-refractivity contribution in [3.05, 3.63) is 59.1 Å². The summed E-state index contributed by atoms with van der Waals surface area (Å²) in [6.07, 6.45) is 1.77. The van der Waals surface area contributed by atoms with E-state index in [1.165, 1.54) is 4.70 Å². The maximum Gasteiger partial charge on any atom is 0.321 e. The zero-order valence-electron chi connectivity index (χ0n) is 15.3. The van der Waals surface area contributed by atoms with Gasteiger partial charge in [0.2, 0.25) is 0 Å². The van der Waals surface area contributed by atoms with E-state index in [-0.39, 0.29) is 11.9 Å². The summed E-state index contributed by atoms with van der Waals surface area (Å²) in [4.78, 5) is 29.7. The van der Waals surface area contributed by atoms with Gasteiger partial charge in [-0.3, -0.25) is 4.79 Å². The average Bonchev–Trinajstić information content (AvgIpc) is 3.12. The number of piperidine rings is 1. The van der Waals surface area contributed by atoms with Crippen molar-refractivity contribution in [3.8, 4) is 0 Å². The molecule has 1 aromatic heterocycles. The van der Waals surface area contributed by atoms with Gasteiger partial charge in [0, 0.05) is 25.2 Å². The molecule has 0 radical (unpaired) electrons. The zero-order chi connectivity index (χ0) is 19.5. The first-order valence-corrected chi connectivity index (χ1v) is 10.1. The number of carboxylic acids is 1. The van der Waals surface area contributed by atoms with Crippen molar-refractivity contribution < 1.29 is 14.7 Å². The number of rotatable bonds is 4. The van der Waals surface area contributed by atoms with Gasteiger partial charge in [0.05, 0.1) is 21.1 Å². The Balaban J connectivity index is 1.34. The number of thiazole rings is 1. The van der Waals surface area contributed by atoms with Gasteiger partial charge < -0.3 is 15.3 Å². The second-order valence-electron chi connectivity index (χ2n) is 6.98. The highest BCUT2D eigenvalue weighted by Crippen LogP contribution is 2.24. The molecule has 1 saturated heterocycles. The van der Waals surface area contributed by atoms with E-state index in [0.717, 1.165) is 28.2 Å². The molecular weight excluding hydrogens is 374 g/mol. The molecule has 4 rings (SSSR count). The summed E-state index contributed by atoms with van der Waals surface area (Å²) in [5.74, 6) is -1.12. The number of aliphatic carboxylic acids is 1. The molecule has 1 aliphatic rings. The van der Waals surface area contributed by atoms with Crippen LogP contribution in [0, 0.1) is 5.92 Å². The van der Waals surface area contributed by atoms with E-state index in [4.69, 9.17) is 5.11 Å². The third kappa shape index (κ3) is 4.14. The predicted octanol–water partition coefficient (Wildman–Crippen LogP) is 4.22. The van der Waals surface area contributed by atoms with Crippen LogP contribution in [0.5, 0.6) is 0 Å². The number of amides is 2. The lowest BCUT2D eigenvalue weighted by Crippen LogP contribution is -2.42. The van der Waals surface area contributed by atoms with Crippen molar-refractivity contribution in [3.63, 3.8) is 0 Å². The van der Waals surface area contributed by atoms with Crippen LogP contribution in [0.1, 0.15) is 23.4 Å². The number of nitrogens with one attached hydrogen (secondary N) is 1. The fraction of sp³-hybridized carbons (Fsp3) is 0.286. The Kier molecular flexibility index (Phi) is 5.25. The SMILES string of the molecule is O=C(O)C1CCN(C(=O)Nc2ccc(Cc3nc4ccccc4s3)cc2)CC1. The molecule has 7 heteroatoms. The van der Waals surface area contributed by atoms with Crippen LogP contribution in [0.25, 0.3) is 10.2 Å². The standard InChI is InChI=1S/C21H21N3O3S/c25-20(26)15-9-11-24(12-10-15)21(27)22-16-7-5-14(6-8-16)13-19-23-17-3-1-2-4-18(17)28-19/h1-8,15H,9-13H2,(H,22,27)(H,25,26). The topological polar surface area (TPSA) is 82.5 Å². The number of aromatic nitrogens is 1. The molecule has 28 heavy (non-hydrogen) atoms. The molecule has 3 aromatic rings. The molecule has 2 amide bonds. The van der Waals surface area contributed by atoms with Gasteiger partial charge in [0.1, 0.15) is 0 Å². The number of para-hydroxylation sites is 1. The number of benzene rings is 2. The number of likely N-dealkylation sites (tertiary alicyclic amines) is 1. The van der Waals surface area contributed by atoms with Crippen LogP contribution >= 0.6 is 11.3 Å². The Morgan fingerprint density at radius 2 is 1.82 bits per heavy atom. The van der Waals surface area contributed by atoms with Crippen molar-refractivity contribution in [1.82, 2.24) is 9.88 Å². The summed E-state index contributed by atoms with van der Waals surface area (Å²) in [6, 6.07) is 15.7. The summed E-state index contributed by atoms with van der Waals surface area (Å²) in [6.45, 7) is 0.941. The first-order chi connectivity index (χ1) is 13.6. The van der Waals surface area contributed by atoms with Gasteiger partial charge in [-0.25, -0.2) is 9.78 Å². The number of fused-ring (bicyclic) bond motifs is 1. The lowest BCUT2D eigenvalue weighted by molar-refractivity contribution is -0.143. The molecule has 0 saturated carbocycles. The fourth-order valence-electron chi connectivity index (χ4n) is 3.41. The molecule has 0 aliphatic carbocycles. The first-order valence-electron chi connectivity index (χ1n) is 9.30. The first kappa shape index (κ1) is 18.4. The molecule has 2 heterocycles. The lowest BCUT2D eigenvalue weighted by Gasteiger charge is -2.30. The number of anilines is 1. The fourth-order valence-corrected chi connectivity index (χ4v) is 4.41. The van der Waals surface area contributed by atoms with Crippen molar-refractivity contribution >= 4 is 39.2 Å².